The SMILES string of the molecule is Cc1cc(C)cc(N2c3cc(C)cc(C)c3B3c4cc(C(C)(C)C)ccc4Oc4cccc2c43)c1. The second-order valence-electron chi connectivity index (χ2n) is 11.4. The Labute approximate surface area is 209 Å². The summed E-state index contributed by atoms with van der Waals surface area (Å²) in [5, 5.41) is 0. The zero-order valence-electron chi connectivity index (χ0n) is 21.8. The molecule has 174 valence electrons. The van der Waals surface area contributed by atoms with E-state index in [0.29, 0.717) is 0 Å². The molecule has 0 saturated carbocycles. The van der Waals surface area contributed by atoms with Crippen molar-refractivity contribution in [1.82, 2.24) is 0 Å². The molecule has 0 aliphatic carbocycles. The highest BCUT2D eigenvalue weighted by Gasteiger charge is 2.42. The molecular formula is C32H32BNO. The quantitative estimate of drug-likeness (QED) is 0.257. The molecule has 0 saturated heterocycles. The summed E-state index contributed by atoms with van der Waals surface area (Å²) in [5.74, 6) is 1.93. The second kappa shape index (κ2) is 7.52. The fourth-order valence-corrected chi connectivity index (χ4v) is 6.02. The first-order valence-corrected chi connectivity index (χ1v) is 12.6. The molecule has 6 rings (SSSR count). The van der Waals surface area contributed by atoms with E-state index in [1.165, 1.54) is 61.3 Å². The first-order valence-electron chi connectivity index (χ1n) is 12.6. The fraction of sp³-hybridized carbons (Fsp3) is 0.250. The zero-order chi connectivity index (χ0) is 24.6. The van der Waals surface area contributed by atoms with E-state index in [4.69, 9.17) is 4.74 Å². The number of hydrogen-bond acceptors (Lipinski definition) is 2. The van der Waals surface area contributed by atoms with Gasteiger partial charge in [0.25, 0.3) is 6.71 Å². The number of aryl methyl sites for hydroxylation is 4. The van der Waals surface area contributed by atoms with Crippen LogP contribution in [-0.2, 0) is 5.41 Å². The fourth-order valence-electron chi connectivity index (χ4n) is 6.02. The summed E-state index contributed by atoms with van der Waals surface area (Å²) in [6, 6.07) is 24.8. The van der Waals surface area contributed by atoms with Crippen LogP contribution in [0.1, 0.15) is 48.6 Å². The normalized spacial score (nSPS) is 13.7. The predicted molar refractivity (Wildman–Crippen MR) is 150 cm³/mol. The average Bonchev–Trinajstić information content (AvgIpc) is 2.77. The van der Waals surface area contributed by atoms with Crippen molar-refractivity contribution in [2.75, 3.05) is 4.90 Å². The minimum Gasteiger partial charge on any atom is -0.458 e. The summed E-state index contributed by atoms with van der Waals surface area (Å²) >= 11 is 0. The molecule has 0 radical (unpaired) electrons. The molecule has 0 bridgehead atoms. The highest BCUT2D eigenvalue weighted by atomic mass is 16.5. The van der Waals surface area contributed by atoms with Gasteiger partial charge in [0.15, 0.2) is 0 Å². The van der Waals surface area contributed by atoms with Crippen LogP contribution in [0.5, 0.6) is 11.5 Å². The molecule has 35 heavy (non-hydrogen) atoms. The molecule has 0 fully saturated rings. The smallest absolute Gasteiger partial charge is 0.256 e. The van der Waals surface area contributed by atoms with Crippen LogP contribution in [-0.4, -0.2) is 6.71 Å². The van der Waals surface area contributed by atoms with Crippen molar-refractivity contribution in [3.05, 3.63) is 94.5 Å². The Kier molecular flexibility index (Phi) is 4.73. The minimum absolute atomic E-state index is 0.0692. The summed E-state index contributed by atoms with van der Waals surface area (Å²) in [7, 11) is 0. The van der Waals surface area contributed by atoms with E-state index in [1.807, 2.05) is 0 Å². The molecule has 2 heterocycles. The van der Waals surface area contributed by atoms with Crippen LogP contribution in [0.2, 0.25) is 0 Å². The van der Waals surface area contributed by atoms with Crippen LogP contribution in [0.4, 0.5) is 17.1 Å². The Morgan fingerprint density at radius 1 is 0.686 bits per heavy atom. The van der Waals surface area contributed by atoms with Gasteiger partial charge in [-0.05, 0) is 108 Å². The molecule has 2 aliphatic rings. The molecular weight excluding hydrogens is 425 g/mol. The van der Waals surface area contributed by atoms with E-state index in [2.05, 4.69) is 120 Å². The summed E-state index contributed by atoms with van der Waals surface area (Å²) in [4.78, 5) is 2.45. The first kappa shape index (κ1) is 22.0. The summed E-state index contributed by atoms with van der Waals surface area (Å²) in [6.07, 6.45) is 0. The third-order valence-electron chi connectivity index (χ3n) is 7.48. The van der Waals surface area contributed by atoms with E-state index in [-0.39, 0.29) is 12.1 Å². The van der Waals surface area contributed by atoms with Crippen molar-refractivity contribution in [1.29, 1.82) is 0 Å². The summed E-state index contributed by atoms with van der Waals surface area (Å²) in [5.41, 5.74) is 14.2. The van der Waals surface area contributed by atoms with Gasteiger partial charge in [-0.25, -0.2) is 0 Å². The Morgan fingerprint density at radius 3 is 2.11 bits per heavy atom. The maximum absolute atomic E-state index is 6.58. The van der Waals surface area contributed by atoms with Crippen molar-refractivity contribution < 1.29 is 4.74 Å². The van der Waals surface area contributed by atoms with Crippen LogP contribution < -0.4 is 26.0 Å². The van der Waals surface area contributed by atoms with Crippen LogP contribution in [0.3, 0.4) is 0 Å². The van der Waals surface area contributed by atoms with Crippen LogP contribution in [0.25, 0.3) is 0 Å². The molecule has 0 atom stereocenters. The lowest BCUT2D eigenvalue weighted by molar-refractivity contribution is 0.486. The zero-order valence-corrected chi connectivity index (χ0v) is 21.8. The molecule has 2 nitrogen and oxygen atoms in total. The van der Waals surface area contributed by atoms with E-state index in [9.17, 15) is 0 Å². The number of benzene rings is 4. The molecule has 0 amide bonds. The number of rotatable bonds is 1. The van der Waals surface area contributed by atoms with Gasteiger partial charge < -0.3 is 9.64 Å². The highest BCUT2D eigenvalue weighted by molar-refractivity contribution is 6.99. The maximum atomic E-state index is 6.58. The van der Waals surface area contributed by atoms with Crippen LogP contribution in [0, 0.1) is 27.7 Å². The molecule has 2 aliphatic heterocycles. The molecule has 4 aromatic carbocycles. The predicted octanol–water partition coefficient (Wildman–Crippen LogP) is 6.62. The van der Waals surface area contributed by atoms with Gasteiger partial charge in [-0.2, -0.15) is 0 Å². The number of ether oxygens (including phenoxy) is 1. The lowest BCUT2D eigenvalue weighted by Crippen LogP contribution is -2.60. The van der Waals surface area contributed by atoms with E-state index < -0.39 is 0 Å². The maximum Gasteiger partial charge on any atom is 0.256 e. The molecule has 0 unspecified atom stereocenters. The highest BCUT2D eigenvalue weighted by Crippen LogP contribution is 2.42. The standard InChI is InChI=1S/C32H32BNO/c1-19-13-20(2)16-24(15-19)34-26-9-8-10-29-31(26)33(30-22(4)14-21(3)17-27(30)34)25-18-23(32(5,6)7)11-12-28(25)35-29/h8-18H,1-7H3. The topological polar surface area (TPSA) is 12.5 Å². The van der Waals surface area contributed by atoms with Gasteiger partial charge in [-0.3, -0.25) is 0 Å². The molecule has 3 heteroatoms. The minimum atomic E-state index is 0.0692. The Morgan fingerprint density at radius 2 is 1.40 bits per heavy atom. The van der Waals surface area contributed by atoms with Crippen LogP contribution in [0.15, 0.2) is 66.7 Å². The Bertz CT molecular complexity index is 1490. The van der Waals surface area contributed by atoms with E-state index in [0.717, 1.165) is 11.5 Å². The van der Waals surface area contributed by atoms with Gasteiger partial charge in [0.2, 0.25) is 0 Å². The van der Waals surface area contributed by atoms with Crippen LogP contribution >= 0.6 is 0 Å². The van der Waals surface area contributed by atoms with E-state index >= 15 is 0 Å². The monoisotopic (exact) mass is 457 g/mol. The number of nitrogens with zero attached hydrogens (tertiary/aromatic N) is 1. The Hall–Kier alpha value is -3.46. The van der Waals surface area contributed by atoms with Crippen molar-refractivity contribution in [2.45, 2.75) is 53.9 Å². The second-order valence-corrected chi connectivity index (χ2v) is 11.4. The third kappa shape index (κ3) is 3.40. The van der Waals surface area contributed by atoms with Crippen molar-refractivity contribution in [2.24, 2.45) is 0 Å². The Balaban J connectivity index is 1.70. The molecule has 0 spiro atoms. The number of hydrogen-bond donors (Lipinski definition) is 0. The molecule has 0 aromatic heterocycles. The lowest BCUT2D eigenvalue weighted by Gasteiger charge is -2.41. The lowest BCUT2D eigenvalue weighted by atomic mass is 9.33. The van der Waals surface area contributed by atoms with Gasteiger partial charge in [0.1, 0.15) is 11.5 Å². The molecule has 4 aromatic rings. The number of anilines is 3. The van der Waals surface area contributed by atoms with Crippen molar-refractivity contribution >= 4 is 40.2 Å². The van der Waals surface area contributed by atoms with Gasteiger partial charge in [-0.15, -0.1) is 0 Å². The largest absolute Gasteiger partial charge is 0.458 e. The van der Waals surface area contributed by atoms with Crippen molar-refractivity contribution in [3.8, 4) is 11.5 Å². The van der Waals surface area contributed by atoms with E-state index in [1.54, 1.807) is 0 Å². The number of fused-ring (bicyclic) bond motifs is 4. The van der Waals surface area contributed by atoms with Crippen molar-refractivity contribution in [3.63, 3.8) is 0 Å². The van der Waals surface area contributed by atoms with Gasteiger partial charge in [-0.1, -0.05) is 56.7 Å². The van der Waals surface area contributed by atoms with Gasteiger partial charge in [0, 0.05) is 17.1 Å². The average molecular weight is 457 g/mol. The summed E-state index contributed by atoms with van der Waals surface area (Å²) < 4.78 is 6.58. The first-order chi connectivity index (χ1) is 16.6. The summed E-state index contributed by atoms with van der Waals surface area (Å²) in [6.45, 7) is 15.8. The molecule has 0 N–H and O–H groups in total. The third-order valence-corrected chi connectivity index (χ3v) is 7.48. The van der Waals surface area contributed by atoms with Gasteiger partial charge in [0.05, 0.1) is 0 Å². The van der Waals surface area contributed by atoms with Gasteiger partial charge >= 0.3 is 0 Å².